The van der Waals surface area contributed by atoms with Crippen LogP contribution in [0.4, 0.5) is 0 Å². The van der Waals surface area contributed by atoms with Gasteiger partial charge >= 0.3 is 0 Å². The maximum absolute atomic E-state index is 5.52. The van der Waals surface area contributed by atoms with E-state index in [1.54, 1.807) is 0 Å². The van der Waals surface area contributed by atoms with E-state index in [0.717, 1.165) is 25.7 Å². The summed E-state index contributed by atoms with van der Waals surface area (Å²) in [7, 11) is 0. The van der Waals surface area contributed by atoms with Crippen molar-refractivity contribution in [2.45, 2.75) is 19.4 Å². The van der Waals surface area contributed by atoms with Gasteiger partial charge in [-0.05, 0) is 18.7 Å². The van der Waals surface area contributed by atoms with Crippen LogP contribution in [-0.4, -0.2) is 42.1 Å². The van der Waals surface area contributed by atoms with Gasteiger partial charge in [-0.2, -0.15) is 11.8 Å². The van der Waals surface area contributed by atoms with Gasteiger partial charge in [-0.25, -0.2) is 0 Å². The largest absolute Gasteiger partial charge is 0.329 e. The van der Waals surface area contributed by atoms with Crippen LogP contribution in [0.1, 0.15) is 13.3 Å². The zero-order chi connectivity index (χ0) is 8.10. The smallest absolute Gasteiger partial charge is 0.0194 e. The number of thioether (sulfide) groups is 1. The number of nitrogens with two attached hydrogens (primary N) is 1. The Balaban J connectivity index is 2.27. The highest BCUT2D eigenvalue weighted by atomic mass is 32.2. The molecule has 0 aromatic carbocycles. The summed E-state index contributed by atoms with van der Waals surface area (Å²) >= 11 is 2.07. The Hall–Kier alpha value is 0.270. The Morgan fingerprint density at radius 1 is 1.64 bits per heavy atom. The van der Waals surface area contributed by atoms with E-state index in [1.165, 1.54) is 17.9 Å². The van der Waals surface area contributed by atoms with Gasteiger partial charge in [-0.15, -0.1) is 0 Å². The van der Waals surface area contributed by atoms with E-state index in [-0.39, 0.29) is 0 Å². The number of rotatable bonds is 4. The molecule has 3 heteroatoms. The average molecular weight is 174 g/mol. The molecule has 1 atom stereocenters. The molecule has 1 aliphatic rings. The quantitative estimate of drug-likeness (QED) is 0.683. The Morgan fingerprint density at radius 2 is 2.45 bits per heavy atom. The molecule has 0 radical (unpaired) electrons. The molecule has 0 aliphatic carbocycles. The van der Waals surface area contributed by atoms with E-state index in [2.05, 4.69) is 23.6 Å². The summed E-state index contributed by atoms with van der Waals surface area (Å²) in [6.07, 6.45) is 1.36. The molecule has 2 nitrogen and oxygen atoms in total. The van der Waals surface area contributed by atoms with Crippen molar-refractivity contribution < 1.29 is 0 Å². The predicted octanol–water partition coefficient (Wildman–Crippen LogP) is 0.773. The van der Waals surface area contributed by atoms with E-state index in [9.17, 15) is 0 Å². The molecule has 2 N–H and O–H groups in total. The number of hydrogen-bond donors (Lipinski definition) is 1. The monoisotopic (exact) mass is 174 g/mol. The van der Waals surface area contributed by atoms with Crippen LogP contribution in [-0.2, 0) is 0 Å². The van der Waals surface area contributed by atoms with Crippen molar-refractivity contribution in [3.8, 4) is 0 Å². The summed E-state index contributed by atoms with van der Waals surface area (Å²) in [4.78, 5) is 2.50. The lowest BCUT2D eigenvalue weighted by atomic mass is 10.2. The van der Waals surface area contributed by atoms with Crippen LogP contribution >= 0.6 is 11.8 Å². The van der Waals surface area contributed by atoms with Gasteiger partial charge in [-0.1, -0.05) is 6.92 Å². The first-order valence-corrected chi connectivity index (χ1v) is 5.55. The fourth-order valence-corrected chi connectivity index (χ4v) is 2.83. The van der Waals surface area contributed by atoms with E-state index < -0.39 is 0 Å². The molecule has 1 heterocycles. The van der Waals surface area contributed by atoms with Crippen LogP contribution in [0, 0.1) is 0 Å². The molecule has 1 aliphatic heterocycles. The van der Waals surface area contributed by atoms with E-state index in [1.807, 2.05) is 0 Å². The first kappa shape index (κ1) is 9.36. The van der Waals surface area contributed by atoms with Crippen LogP contribution in [0.25, 0.3) is 0 Å². The highest BCUT2D eigenvalue weighted by Gasteiger charge is 2.20. The van der Waals surface area contributed by atoms with Gasteiger partial charge in [0.05, 0.1) is 0 Å². The molecular weight excluding hydrogens is 156 g/mol. The molecule has 66 valence electrons. The van der Waals surface area contributed by atoms with Gasteiger partial charge in [0.25, 0.3) is 0 Å². The molecule has 1 saturated heterocycles. The van der Waals surface area contributed by atoms with Crippen molar-refractivity contribution in [3.05, 3.63) is 0 Å². The molecular formula is C8H18N2S. The van der Waals surface area contributed by atoms with Crippen LogP contribution < -0.4 is 5.73 Å². The fourth-order valence-electron chi connectivity index (χ4n) is 1.57. The minimum atomic E-state index is 0.801. The minimum absolute atomic E-state index is 0.801. The summed E-state index contributed by atoms with van der Waals surface area (Å²) in [6, 6.07) is 0.813. The third kappa shape index (κ3) is 2.65. The topological polar surface area (TPSA) is 29.3 Å². The van der Waals surface area contributed by atoms with Crippen LogP contribution in [0.3, 0.4) is 0 Å². The second kappa shape index (κ2) is 5.01. The number of nitrogens with zero attached hydrogens (tertiary/aromatic N) is 1. The lowest BCUT2D eigenvalue weighted by Crippen LogP contribution is -2.38. The average Bonchev–Trinajstić information content (AvgIpc) is 2.52. The van der Waals surface area contributed by atoms with Crippen molar-refractivity contribution in [3.63, 3.8) is 0 Å². The molecule has 11 heavy (non-hydrogen) atoms. The van der Waals surface area contributed by atoms with Crippen molar-refractivity contribution in [2.24, 2.45) is 5.73 Å². The van der Waals surface area contributed by atoms with Gasteiger partial charge < -0.3 is 5.73 Å². The SMILES string of the molecule is CCN(CCN)[C@H]1CCSC1. The van der Waals surface area contributed by atoms with E-state index in [0.29, 0.717) is 0 Å². The molecule has 0 spiro atoms. The number of hydrogen-bond acceptors (Lipinski definition) is 3. The zero-order valence-electron chi connectivity index (χ0n) is 7.25. The summed E-state index contributed by atoms with van der Waals surface area (Å²) in [5, 5.41) is 0. The second-order valence-electron chi connectivity index (χ2n) is 2.93. The van der Waals surface area contributed by atoms with Crippen molar-refractivity contribution in [2.75, 3.05) is 31.1 Å². The Kier molecular flexibility index (Phi) is 4.26. The third-order valence-corrected chi connectivity index (χ3v) is 3.39. The first-order valence-electron chi connectivity index (χ1n) is 4.40. The van der Waals surface area contributed by atoms with Gasteiger partial charge in [0.2, 0.25) is 0 Å². The predicted molar refractivity (Wildman–Crippen MR) is 52.0 cm³/mol. The third-order valence-electron chi connectivity index (χ3n) is 2.24. The summed E-state index contributed by atoms with van der Waals surface area (Å²) in [6.45, 7) is 5.25. The Labute approximate surface area is 73.5 Å². The summed E-state index contributed by atoms with van der Waals surface area (Å²) in [5.41, 5.74) is 5.52. The van der Waals surface area contributed by atoms with Gasteiger partial charge in [-0.3, -0.25) is 4.90 Å². The molecule has 0 amide bonds. The molecule has 0 unspecified atom stereocenters. The van der Waals surface area contributed by atoms with Crippen LogP contribution in [0.2, 0.25) is 0 Å². The maximum Gasteiger partial charge on any atom is 0.0194 e. The zero-order valence-corrected chi connectivity index (χ0v) is 8.07. The fraction of sp³-hybridized carbons (Fsp3) is 1.00. The highest BCUT2D eigenvalue weighted by molar-refractivity contribution is 7.99. The summed E-state index contributed by atoms with van der Waals surface area (Å²) < 4.78 is 0. The molecule has 1 fully saturated rings. The first-order chi connectivity index (χ1) is 5.38. The van der Waals surface area contributed by atoms with Gasteiger partial charge in [0.15, 0.2) is 0 Å². The minimum Gasteiger partial charge on any atom is -0.329 e. The van der Waals surface area contributed by atoms with Crippen molar-refractivity contribution >= 4 is 11.8 Å². The van der Waals surface area contributed by atoms with Crippen LogP contribution in [0.5, 0.6) is 0 Å². The second-order valence-corrected chi connectivity index (χ2v) is 4.08. The Bertz CT molecular complexity index is 102. The molecule has 1 rings (SSSR count). The molecule has 0 aromatic heterocycles. The van der Waals surface area contributed by atoms with E-state index in [4.69, 9.17) is 5.73 Å². The van der Waals surface area contributed by atoms with Gasteiger partial charge in [0.1, 0.15) is 0 Å². The highest BCUT2D eigenvalue weighted by Crippen LogP contribution is 2.21. The van der Waals surface area contributed by atoms with Crippen molar-refractivity contribution in [1.29, 1.82) is 0 Å². The van der Waals surface area contributed by atoms with E-state index >= 15 is 0 Å². The number of likely N-dealkylation sites (N-methyl/N-ethyl adjacent to an activating group) is 1. The molecule has 0 bridgehead atoms. The summed E-state index contributed by atoms with van der Waals surface area (Å²) in [5.74, 6) is 2.65. The normalized spacial score (nSPS) is 24.8. The standard InChI is InChI=1S/C8H18N2S/c1-2-10(5-4-9)8-3-6-11-7-8/h8H,2-7,9H2,1H3/t8-/m0/s1. The molecule has 0 aromatic rings. The lowest BCUT2D eigenvalue weighted by molar-refractivity contribution is 0.230. The van der Waals surface area contributed by atoms with Crippen LogP contribution in [0.15, 0.2) is 0 Å². The molecule has 0 saturated carbocycles. The lowest BCUT2D eigenvalue weighted by Gasteiger charge is -2.25. The van der Waals surface area contributed by atoms with Gasteiger partial charge in [0, 0.05) is 24.9 Å². The maximum atomic E-state index is 5.52. The Morgan fingerprint density at radius 3 is 2.91 bits per heavy atom. The van der Waals surface area contributed by atoms with Crippen molar-refractivity contribution in [1.82, 2.24) is 4.90 Å².